The number of hydrogen-bond acceptors (Lipinski definition) is 7. The lowest BCUT2D eigenvalue weighted by molar-refractivity contribution is -0.143. The number of phenols is 1. The Kier molecular flexibility index (Phi) is 11.5. The number of aromatic hydroxyl groups is 1. The Morgan fingerprint density at radius 3 is 2.09 bits per heavy atom. The predicted molar refractivity (Wildman–Crippen MR) is 122 cm³/mol. The maximum atomic E-state index is 13.1. The van der Waals surface area contributed by atoms with Gasteiger partial charge >= 0.3 is 5.97 Å². The molecule has 0 aliphatic heterocycles. The highest BCUT2D eigenvalue weighted by Gasteiger charge is 2.32. The van der Waals surface area contributed by atoms with E-state index in [-0.39, 0.29) is 37.5 Å². The molecule has 188 valence electrons. The SMILES string of the molecule is CCC(C)C(NC(=O)C(Cc1ccc(O)cc1)NC(=O)CN)C(=O)NC(CCC(N)=O)C(=O)O. The summed E-state index contributed by atoms with van der Waals surface area (Å²) < 4.78 is 0. The molecule has 9 N–H and O–H groups in total. The number of rotatable bonds is 14. The summed E-state index contributed by atoms with van der Waals surface area (Å²) in [5.74, 6) is -4.39. The molecule has 4 amide bonds. The van der Waals surface area contributed by atoms with Crippen LogP contribution in [0.15, 0.2) is 24.3 Å². The van der Waals surface area contributed by atoms with Gasteiger partial charge in [0, 0.05) is 12.8 Å². The highest BCUT2D eigenvalue weighted by Crippen LogP contribution is 2.13. The van der Waals surface area contributed by atoms with Crippen LogP contribution in [0.4, 0.5) is 0 Å². The molecule has 0 saturated heterocycles. The van der Waals surface area contributed by atoms with Crippen LogP contribution >= 0.6 is 0 Å². The van der Waals surface area contributed by atoms with E-state index >= 15 is 0 Å². The number of carbonyl (C=O) groups is 5. The van der Waals surface area contributed by atoms with Crippen molar-refractivity contribution in [2.45, 2.75) is 57.7 Å². The molecule has 12 nitrogen and oxygen atoms in total. The van der Waals surface area contributed by atoms with Crippen molar-refractivity contribution in [1.82, 2.24) is 16.0 Å². The van der Waals surface area contributed by atoms with E-state index in [1.165, 1.54) is 12.1 Å². The molecule has 0 bridgehead atoms. The standard InChI is InChI=1S/C22H33N5O7/c1-3-12(2)19(21(32)26-15(22(33)34)8-9-17(24)29)27-20(31)16(25-18(30)11-23)10-13-4-6-14(28)7-5-13/h4-7,12,15-16,19,28H,3,8-11,23H2,1-2H3,(H2,24,29)(H,25,30)(H,26,32)(H,27,31)(H,33,34). The Balaban J connectivity index is 3.05. The minimum Gasteiger partial charge on any atom is -0.508 e. The second kappa shape index (κ2) is 13.8. The molecule has 1 rings (SSSR count). The fourth-order valence-electron chi connectivity index (χ4n) is 3.09. The van der Waals surface area contributed by atoms with E-state index in [0.29, 0.717) is 12.0 Å². The largest absolute Gasteiger partial charge is 0.508 e. The summed E-state index contributed by atoms with van der Waals surface area (Å²) in [5.41, 5.74) is 11.1. The molecule has 0 aliphatic carbocycles. The number of primary amides is 1. The number of carboxylic acid groups (broad SMARTS) is 1. The third-order valence-electron chi connectivity index (χ3n) is 5.30. The summed E-state index contributed by atoms with van der Waals surface area (Å²) in [6, 6.07) is 2.48. The fraction of sp³-hybridized carbons (Fsp3) is 0.500. The minimum atomic E-state index is -1.37. The van der Waals surface area contributed by atoms with Gasteiger partial charge in [0.1, 0.15) is 23.9 Å². The Hall–Kier alpha value is -3.67. The van der Waals surface area contributed by atoms with Crippen molar-refractivity contribution in [3.05, 3.63) is 29.8 Å². The number of hydrogen-bond donors (Lipinski definition) is 7. The zero-order valence-corrected chi connectivity index (χ0v) is 19.2. The first kappa shape index (κ1) is 28.4. The summed E-state index contributed by atoms with van der Waals surface area (Å²) in [6.07, 6.45) is 0.100. The lowest BCUT2D eigenvalue weighted by Gasteiger charge is -2.27. The van der Waals surface area contributed by atoms with Gasteiger partial charge in [-0.15, -0.1) is 0 Å². The molecule has 1 aromatic rings. The lowest BCUT2D eigenvalue weighted by atomic mass is 9.96. The number of carbonyl (C=O) groups excluding carboxylic acids is 4. The van der Waals surface area contributed by atoms with Gasteiger partial charge in [0.15, 0.2) is 0 Å². The Bertz CT molecular complexity index is 875. The van der Waals surface area contributed by atoms with Crippen molar-refractivity contribution in [3.8, 4) is 5.75 Å². The molecule has 0 spiro atoms. The zero-order valence-electron chi connectivity index (χ0n) is 19.2. The summed E-state index contributed by atoms with van der Waals surface area (Å²) >= 11 is 0. The Labute approximate surface area is 197 Å². The van der Waals surface area contributed by atoms with Crippen LogP contribution in [-0.2, 0) is 30.4 Å². The topological polar surface area (TPSA) is 214 Å². The smallest absolute Gasteiger partial charge is 0.326 e. The van der Waals surface area contributed by atoms with Gasteiger partial charge in [0.2, 0.25) is 23.6 Å². The van der Waals surface area contributed by atoms with Gasteiger partial charge in [-0.3, -0.25) is 19.2 Å². The molecule has 0 heterocycles. The first-order valence-electron chi connectivity index (χ1n) is 10.9. The number of aliphatic carboxylic acids is 1. The first-order chi connectivity index (χ1) is 16.0. The molecule has 0 aromatic heterocycles. The first-order valence-corrected chi connectivity index (χ1v) is 10.9. The summed E-state index contributed by atoms with van der Waals surface area (Å²) in [4.78, 5) is 60.3. The molecule has 0 aliphatic rings. The monoisotopic (exact) mass is 479 g/mol. The van der Waals surface area contributed by atoms with E-state index < -0.39 is 47.7 Å². The molecule has 34 heavy (non-hydrogen) atoms. The van der Waals surface area contributed by atoms with Crippen molar-refractivity contribution in [3.63, 3.8) is 0 Å². The summed E-state index contributed by atoms with van der Waals surface area (Å²) in [6.45, 7) is 3.15. The molecular formula is C22H33N5O7. The van der Waals surface area contributed by atoms with Crippen LogP contribution in [0.5, 0.6) is 5.75 Å². The predicted octanol–water partition coefficient (Wildman–Crippen LogP) is -1.26. The number of nitrogens with one attached hydrogen (secondary N) is 3. The van der Waals surface area contributed by atoms with Crippen molar-refractivity contribution in [2.24, 2.45) is 17.4 Å². The number of benzene rings is 1. The van der Waals surface area contributed by atoms with Crippen LogP contribution in [0.3, 0.4) is 0 Å². The van der Waals surface area contributed by atoms with Crippen LogP contribution in [-0.4, -0.2) is 64.5 Å². The normalized spacial score (nSPS) is 14.2. The molecule has 12 heteroatoms. The minimum absolute atomic E-state index is 0.0357. The van der Waals surface area contributed by atoms with Gasteiger partial charge in [-0.2, -0.15) is 0 Å². The fourth-order valence-corrected chi connectivity index (χ4v) is 3.09. The Morgan fingerprint density at radius 2 is 1.59 bits per heavy atom. The number of nitrogens with two attached hydrogens (primary N) is 2. The van der Waals surface area contributed by atoms with Gasteiger partial charge in [-0.05, 0) is 30.0 Å². The van der Waals surface area contributed by atoms with Gasteiger partial charge in [0.25, 0.3) is 0 Å². The summed E-state index contributed by atoms with van der Waals surface area (Å²) in [5, 5.41) is 26.3. The van der Waals surface area contributed by atoms with Gasteiger partial charge < -0.3 is 37.6 Å². The molecule has 1 aromatic carbocycles. The van der Waals surface area contributed by atoms with Crippen LogP contribution in [0.2, 0.25) is 0 Å². The third kappa shape index (κ3) is 9.45. The van der Waals surface area contributed by atoms with E-state index in [4.69, 9.17) is 11.5 Å². The second-order valence-corrected chi connectivity index (χ2v) is 7.97. The van der Waals surface area contributed by atoms with Crippen molar-refractivity contribution in [1.29, 1.82) is 0 Å². The zero-order chi connectivity index (χ0) is 25.8. The van der Waals surface area contributed by atoms with Crippen molar-refractivity contribution in [2.75, 3.05) is 6.54 Å². The number of amides is 4. The van der Waals surface area contributed by atoms with E-state index in [9.17, 15) is 34.2 Å². The highest BCUT2D eigenvalue weighted by atomic mass is 16.4. The lowest BCUT2D eigenvalue weighted by Crippen LogP contribution is -2.58. The molecule has 4 atom stereocenters. The van der Waals surface area contributed by atoms with Gasteiger partial charge in [-0.1, -0.05) is 32.4 Å². The molecule has 4 unspecified atom stereocenters. The maximum absolute atomic E-state index is 13.1. The highest BCUT2D eigenvalue weighted by molar-refractivity contribution is 5.94. The number of phenolic OH excluding ortho intramolecular Hbond substituents is 1. The van der Waals surface area contributed by atoms with Gasteiger partial charge in [0.05, 0.1) is 6.54 Å². The number of carboxylic acids is 1. The molecular weight excluding hydrogens is 446 g/mol. The van der Waals surface area contributed by atoms with Crippen LogP contribution < -0.4 is 27.4 Å². The average molecular weight is 480 g/mol. The van der Waals surface area contributed by atoms with E-state index in [2.05, 4.69) is 16.0 Å². The van der Waals surface area contributed by atoms with Crippen molar-refractivity contribution < 1.29 is 34.2 Å². The quantitative estimate of drug-likeness (QED) is 0.171. The molecule has 0 radical (unpaired) electrons. The van der Waals surface area contributed by atoms with Crippen LogP contribution in [0.1, 0.15) is 38.7 Å². The molecule has 0 saturated carbocycles. The van der Waals surface area contributed by atoms with Crippen LogP contribution in [0, 0.1) is 5.92 Å². The maximum Gasteiger partial charge on any atom is 0.326 e. The third-order valence-corrected chi connectivity index (χ3v) is 5.30. The van der Waals surface area contributed by atoms with Crippen molar-refractivity contribution >= 4 is 29.6 Å². The second-order valence-electron chi connectivity index (χ2n) is 7.97. The average Bonchev–Trinajstić information content (AvgIpc) is 2.79. The van der Waals surface area contributed by atoms with E-state index in [1.807, 2.05) is 0 Å². The molecule has 0 fully saturated rings. The van der Waals surface area contributed by atoms with E-state index in [1.54, 1.807) is 26.0 Å². The Morgan fingerprint density at radius 1 is 0.971 bits per heavy atom. The van der Waals surface area contributed by atoms with E-state index in [0.717, 1.165) is 0 Å². The van der Waals surface area contributed by atoms with Gasteiger partial charge in [-0.25, -0.2) is 4.79 Å². The van der Waals surface area contributed by atoms with Crippen LogP contribution in [0.25, 0.3) is 0 Å². The summed E-state index contributed by atoms with van der Waals surface area (Å²) in [7, 11) is 0.